The van der Waals surface area contributed by atoms with E-state index in [0.717, 1.165) is 18.7 Å². The summed E-state index contributed by atoms with van der Waals surface area (Å²) in [6.45, 7) is 2.81. The number of aromatic nitrogens is 2. The average Bonchev–Trinajstić information content (AvgIpc) is 3.17. The summed E-state index contributed by atoms with van der Waals surface area (Å²) in [7, 11) is 1.87. The monoisotopic (exact) mass is 304 g/mol. The highest BCUT2D eigenvalue weighted by Gasteiger charge is 2.65. The van der Waals surface area contributed by atoms with Gasteiger partial charge in [0.1, 0.15) is 0 Å². The van der Waals surface area contributed by atoms with E-state index in [2.05, 4.69) is 15.7 Å². The number of amides is 2. The minimum Gasteiger partial charge on any atom is -0.377 e. The number of nitrogens with one attached hydrogen (secondary N) is 2. The molecule has 2 saturated carbocycles. The molecule has 0 unspecified atom stereocenters. The number of rotatable bonds is 2. The molecule has 2 aliphatic carbocycles. The summed E-state index contributed by atoms with van der Waals surface area (Å²) in [5.41, 5.74) is 1.22. The molecule has 1 aliphatic heterocycles. The van der Waals surface area contributed by atoms with E-state index in [-0.39, 0.29) is 17.5 Å². The number of ether oxygens (including phenoxy) is 1. The van der Waals surface area contributed by atoms with Crippen molar-refractivity contribution in [3.05, 3.63) is 11.8 Å². The SMILES string of the molecule is Cc1cc(NC(=O)N[C@@H]2[C@@H]3CCO[C@H]3C23CCCC3)nn1C. The molecule has 2 N–H and O–H groups in total. The Labute approximate surface area is 130 Å². The fraction of sp³-hybridized carbons (Fsp3) is 0.750. The van der Waals surface area contributed by atoms with Crippen LogP contribution in [-0.4, -0.2) is 34.6 Å². The lowest BCUT2D eigenvalue weighted by molar-refractivity contribution is -0.125. The van der Waals surface area contributed by atoms with Crippen LogP contribution < -0.4 is 10.6 Å². The van der Waals surface area contributed by atoms with Gasteiger partial charge in [0.15, 0.2) is 5.82 Å². The Hall–Kier alpha value is -1.56. The molecule has 0 aromatic carbocycles. The number of carbonyl (C=O) groups is 1. The second-order valence-corrected chi connectivity index (χ2v) is 7.05. The Morgan fingerprint density at radius 1 is 1.45 bits per heavy atom. The highest BCUT2D eigenvalue weighted by molar-refractivity contribution is 5.88. The Morgan fingerprint density at radius 2 is 2.23 bits per heavy atom. The molecule has 2 heterocycles. The second kappa shape index (κ2) is 4.98. The molecule has 4 rings (SSSR count). The fourth-order valence-electron chi connectivity index (χ4n) is 4.82. The van der Waals surface area contributed by atoms with Gasteiger partial charge in [-0.3, -0.25) is 10.00 Å². The molecule has 3 aliphatic rings. The first-order chi connectivity index (χ1) is 10.6. The first-order valence-electron chi connectivity index (χ1n) is 8.30. The summed E-state index contributed by atoms with van der Waals surface area (Å²) >= 11 is 0. The van der Waals surface area contributed by atoms with Gasteiger partial charge in [0.25, 0.3) is 0 Å². The predicted octanol–water partition coefficient (Wildman–Crippen LogP) is 2.20. The van der Waals surface area contributed by atoms with Crippen molar-refractivity contribution in [2.24, 2.45) is 18.4 Å². The Kier molecular flexibility index (Phi) is 3.18. The normalized spacial score (nSPS) is 31.8. The maximum absolute atomic E-state index is 12.4. The van der Waals surface area contributed by atoms with Crippen LogP contribution in [0.25, 0.3) is 0 Å². The van der Waals surface area contributed by atoms with Crippen LogP contribution in [0.2, 0.25) is 0 Å². The maximum Gasteiger partial charge on any atom is 0.320 e. The van der Waals surface area contributed by atoms with Crippen LogP contribution in [0.3, 0.4) is 0 Å². The number of hydrogen-bond acceptors (Lipinski definition) is 3. The van der Waals surface area contributed by atoms with E-state index in [1.54, 1.807) is 4.68 Å². The van der Waals surface area contributed by atoms with Crippen molar-refractivity contribution >= 4 is 11.8 Å². The number of urea groups is 1. The van der Waals surface area contributed by atoms with E-state index in [1.165, 1.54) is 25.7 Å². The summed E-state index contributed by atoms with van der Waals surface area (Å²) in [6, 6.07) is 2.00. The number of aryl methyl sites for hydroxylation is 2. The molecule has 6 heteroatoms. The van der Waals surface area contributed by atoms with Crippen molar-refractivity contribution in [2.45, 2.75) is 51.2 Å². The Morgan fingerprint density at radius 3 is 2.91 bits per heavy atom. The molecule has 2 amide bonds. The lowest BCUT2D eigenvalue weighted by Crippen LogP contribution is -2.68. The molecule has 120 valence electrons. The second-order valence-electron chi connectivity index (χ2n) is 7.05. The molecule has 1 spiro atoms. The topological polar surface area (TPSA) is 68.2 Å². The molecule has 0 radical (unpaired) electrons. The molecule has 0 bridgehead atoms. The molecule has 1 aromatic rings. The molecular formula is C16H24N4O2. The van der Waals surface area contributed by atoms with Gasteiger partial charge < -0.3 is 10.1 Å². The van der Waals surface area contributed by atoms with Gasteiger partial charge in [0.05, 0.1) is 6.10 Å². The summed E-state index contributed by atoms with van der Waals surface area (Å²) in [5.74, 6) is 1.10. The van der Waals surface area contributed by atoms with Gasteiger partial charge in [0, 0.05) is 42.8 Å². The van der Waals surface area contributed by atoms with Crippen molar-refractivity contribution in [3.63, 3.8) is 0 Å². The predicted molar refractivity (Wildman–Crippen MR) is 82.6 cm³/mol. The zero-order chi connectivity index (χ0) is 15.3. The zero-order valence-corrected chi connectivity index (χ0v) is 13.3. The zero-order valence-electron chi connectivity index (χ0n) is 13.3. The van der Waals surface area contributed by atoms with Gasteiger partial charge in [-0.15, -0.1) is 0 Å². The van der Waals surface area contributed by atoms with Gasteiger partial charge in [-0.05, 0) is 26.2 Å². The third kappa shape index (κ3) is 1.96. The van der Waals surface area contributed by atoms with E-state index >= 15 is 0 Å². The van der Waals surface area contributed by atoms with Crippen molar-refractivity contribution in [1.82, 2.24) is 15.1 Å². The highest BCUT2D eigenvalue weighted by Crippen LogP contribution is 2.60. The molecule has 1 saturated heterocycles. The number of hydrogen-bond donors (Lipinski definition) is 2. The van der Waals surface area contributed by atoms with Crippen LogP contribution in [0.4, 0.5) is 10.6 Å². The standard InChI is InChI=1S/C16H24N4O2/c1-10-9-12(19-20(10)2)17-15(21)18-13-11-5-8-22-14(11)16(13)6-3-4-7-16/h9,11,13-14H,3-8H2,1-2H3,(H2,17,18,19,21)/t11-,13+,14+/m0/s1. The smallest absolute Gasteiger partial charge is 0.320 e. The van der Waals surface area contributed by atoms with E-state index in [4.69, 9.17) is 4.74 Å². The first-order valence-corrected chi connectivity index (χ1v) is 8.30. The largest absolute Gasteiger partial charge is 0.377 e. The maximum atomic E-state index is 12.4. The number of carbonyl (C=O) groups excluding carboxylic acids is 1. The third-order valence-electron chi connectivity index (χ3n) is 5.93. The van der Waals surface area contributed by atoms with Crippen LogP contribution in [0, 0.1) is 18.3 Å². The summed E-state index contributed by atoms with van der Waals surface area (Å²) in [6.07, 6.45) is 6.32. The van der Waals surface area contributed by atoms with Crippen LogP contribution >= 0.6 is 0 Å². The number of nitrogens with zero attached hydrogens (tertiary/aromatic N) is 2. The third-order valence-corrected chi connectivity index (χ3v) is 5.93. The first kappa shape index (κ1) is 14.1. The van der Waals surface area contributed by atoms with E-state index < -0.39 is 0 Å². The fourth-order valence-corrected chi connectivity index (χ4v) is 4.82. The highest BCUT2D eigenvalue weighted by atomic mass is 16.5. The molecular weight excluding hydrogens is 280 g/mol. The van der Waals surface area contributed by atoms with Gasteiger partial charge >= 0.3 is 6.03 Å². The average molecular weight is 304 g/mol. The van der Waals surface area contributed by atoms with Gasteiger partial charge in [-0.25, -0.2) is 4.79 Å². The minimum absolute atomic E-state index is 0.139. The van der Waals surface area contributed by atoms with Gasteiger partial charge in [-0.2, -0.15) is 5.10 Å². The van der Waals surface area contributed by atoms with Crippen molar-refractivity contribution < 1.29 is 9.53 Å². The summed E-state index contributed by atoms with van der Waals surface area (Å²) in [5, 5.41) is 10.4. The summed E-state index contributed by atoms with van der Waals surface area (Å²) < 4.78 is 7.71. The molecule has 3 atom stereocenters. The van der Waals surface area contributed by atoms with Gasteiger partial charge in [-0.1, -0.05) is 12.8 Å². The van der Waals surface area contributed by atoms with Crippen molar-refractivity contribution in [2.75, 3.05) is 11.9 Å². The number of fused-ring (bicyclic) bond motifs is 2. The molecule has 1 aromatic heterocycles. The van der Waals surface area contributed by atoms with Crippen LogP contribution in [-0.2, 0) is 11.8 Å². The lowest BCUT2D eigenvalue weighted by Gasteiger charge is -2.56. The van der Waals surface area contributed by atoms with E-state index in [0.29, 0.717) is 17.8 Å². The van der Waals surface area contributed by atoms with Crippen LogP contribution in [0.5, 0.6) is 0 Å². The van der Waals surface area contributed by atoms with E-state index in [1.807, 2.05) is 20.0 Å². The summed E-state index contributed by atoms with van der Waals surface area (Å²) in [4.78, 5) is 12.4. The molecule has 6 nitrogen and oxygen atoms in total. The lowest BCUT2D eigenvalue weighted by atomic mass is 9.54. The Bertz CT molecular complexity index is 571. The quantitative estimate of drug-likeness (QED) is 0.880. The van der Waals surface area contributed by atoms with E-state index in [9.17, 15) is 4.79 Å². The van der Waals surface area contributed by atoms with Crippen molar-refractivity contribution in [3.8, 4) is 0 Å². The number of anilines is 1. The molecule has 22 heavy (non-hydrogen) atoms. The van der Waals surface area contributed by atoms with Crippen molar-refractivity contribution in [1.29, 1.82) is 0 Å². The van der Waals surface area contributed by atoms with Crippen LogP contribution in [0.15, 0.2) is 6.07 Å². The Balaban J connectivity index is 1.44. The minimum atomic E-state index is -0.139. The molecule has 3 fully saturated rings. The van der Waals surface area contributed by atoms with Gasteiger partial charge in [0.2, 0.25) is 0 Å². The van der Waals surface area contributed by atoms with Crippen LogP contribution in [0.1, 0.15) is 37.8 Å².